The molecule has 1 heterocycles. The Labute approximate surface area is 101 Å². The number of rotatable bonds is 3. The van der Waals surface area contributed by atoms with Crippen LogP contribution in [0.1, 0.15) is 28.4 Å². The van der Waals surface area contributed by atoms with Crippen LogP contribution < -0.4 is 5.73 Å². The Kier molecular flexibility index (Phi) is 3.24. The predicted molar refractivity (Wildman–Crippen MR) is 67.6 cm³/mol. The number of benzene rings is 1. The molecule has 0 aliphatic heterocycles. The Morgan fingerprint density at radius 1 is 1.35 bits per heavy atom. The quantitative estimate of drug-likeness (QED) is 0.872. The molecule has 0 fully saturated rings. The zero-order valence-corrected chi connectivity index (χ0v) is 10.5. The molecule has 0 saturated carbocycles. The van der Waals surface area contributed by atoms with E-state index >= 15 is 0 Å². The summed E-state index contributed by atoms with van der Waals surface area (Å²) in [7, 11) is 1.86. The fourth-order valence-electron chi connectivity index (χ4n) is 2.07. The van der Waals surface area contributed by atoms with Gasteiger partial charge in [-0.05, 0) is 25.0 Å². The highest BCUT2D eigenvalue weighted by atomic mass is 15.4. The van der Waals surface area contributed by atoms with Crippen molar-refractivity contribution in [1.82, 2.24) is 15.0 Å². The highest BCUT2D eigenvalue weighted by Gasteiger charge is 2.11. The lowest BCUT2D eigenvalue weighted by Gasteiger charge is -2.13. The van der Waals surface area contributed by atoms with Gasteiger partial charge in [-0.25, -0.2) is 0 Å². The minimum Gasteiger partial charge on any atom is -0.324 e. The van der Waals surface area contributed by atoms with Gasteiger partial charge in [-0.1, -0.05) is 29.0 Å². The van der Waals surface area contributed by atoms with Crippen LogP contribution >= 0.6 is 0 Å². The number of nitrogens with zero attached hydrogens (tertiary/aromatic N) is 3. The number of hydrogen-bond acceptors (Lipinski definition) is 3. The molecule has 1 aromatic carbocycles. The van der Waals surface area contributed by atoms with Crippen LogP contribution in [0.4, 0.5) is 0 Å². The standard InChI is InChI=1S/C13H18N4/c1-9-4-5-12(10(2)6-9)13(14)7-11-8-17(3)16-15-11/h4-6,8,13H,7,14H2,1-3H3. The number of aryl methyl sites for hydroxylation is 3. The third-order valence-electron chi connectivity index (χ3n) is 2.90. The summed E-state index contributed by atoms with van der Waals surface area (Å²) in [4.78, 5) is 0. The van der Waals surface area contributed by atoms with E-state index in [-0.39, 0.29) is 6.04 Å². The molecule has 0 aliphatic carbocycles. The topological polar surface area (TPSA) is 56.7 Å². The second kappa shape index (κ2) is 4.67. The van der Waals surface area contributed by atoms with Gasteiger partial charge in [0, 0.05) is 25.7 Å². The summed E-state index contributed by atoms with van der Waals surface area (Å²) in [6, 6.07) is 6.34. The van der Waals surface area contributed by atoms with Crippen molar-refractivity contribution in [3.63, 3.8) is 0 Å². The fourth-order valence-corrected chi connectivity index (χ4v) is 2.07. The van der Waals surface area contributed by atoms with E-state index in [1.165, 1.54) is 16.7 Å². The van der Waals surface area contributed by atoms with E-state index in [4.69, 9.17) is 5.73 Å². The van der Waals surface area contributed by atoms with Gasteiger partial charge in [0.15, 0.2) is 0 Å². The molecular weight excluding hydrogens is 212 g/mol. The maximum absolute atomic E-state index is 6.21. The van der Waals surface area contributed by atoms with Crippen LogP contribution in [0.15, 0.2) is 24.4 Å². The van der Waals surface area contributed by atoms with Crippen molar-refractivity contribution in [1.29, 1.82) is 0 Å². The summed E-state index contributed by atoms with van der Waals surface area (Å²) in [5.74, 6) is 0. The molecule has 1 aromatic heterocycles. The second-order valence-corrected chi connectivity index (χ2v) is 4.55. The largest absolute Gasteiger partial charge is 0.324 e. The molecule has 1 unspecified atom stereocenters. The third kappa shape index (κ3) is 2.71. The van der Waals surface area contributed by atoms with Crippen molar-refractivity contribution >= 4 is 0 Å². The van der Waals surface area contributed by atoms with E-state index in [9.17, 15) is 0 Å². The normalized spacial score (nSPS) is 12.7. The van der Waals surface area contributed by atoms with Crippen LogP contribution in [0.5, 0.6) is 0 Å². The van der Waals surface area contributed by atoms with Crippen molar-refractivity contribution in [3.8, 4) is 0 Å². The van der Waals surface area contributed by atoms with E-state index in [0.29, 0.717) is 0 Å². The highest BCUT2D eigenvalue weighted by molar-refractivity contribution is 5.33. The molecule has 0 aliphatic rings. The van der Waals surface area contributed by atoms with E-state index in [2.05, 4.69) is 42.4 Å². The van der Waals surface area contributed by atoms with Crippen LogP contribution in [0, 0.1) is 13.8 Å². The molecule has 4 heteroatoms. The van der Waals surface area contributed by atoms with E-state index < -0.39 is 0 Å². The molecule has 1 atom stereocenters. The Balaban J connectivity index is 2.17. The number of nitrogens with two attached hydrogens (primary N) is 1. The van der Waals surface area contributed by atoms with Crippen LogP contribution in [0.3, 0.4) is 0 Å². The molecule has 2 aromatic rings. The first kappa shape index (κ1) is 11.8. The molecule has 0 amide bonds. The van der Waals surface area contributed by atoms with Gasteiger partial charge in [0.05, 0.1) is 5.69 Å². The molecule has 2 N–H and O–H groups in total. The van der Waals surface area contributed by atoms with Crippen molar-refractivity contribution in [3.05, 3.63) is 46.8 Å². The summed E-state index contributed by atoms with van der Waals surface area (Å²) in [5.41, 5.74) is 10.8. The summed E-state index contributed by atoms with van der Waals surface area (Å²) < 4.78 is 1.70. The Morgan fingerprint density at radius 2 is 2.12 bits per heavy atom. The Bertz CT molecular complexity index is 516. The first-order valence-corrected chi connectivity index (χ1v) is 5.74. The smallest absolute Gasteiger partial charge is 0.0845 e. The predicted octanol–water partition coefficient (Wildman–Crippen LogP) is 1.67. The maximum Gasteiger partial charge on any atom is 0.0845 e. The first-order valence-electron chi connectivity index (χ1n) is 5.74. The van der Waals surface area contributed by atoms with Crippen LogP contribution in [-0.2, 0) is 13.5 Å². The first-order chi connectivity index (χ1) is 8.06. The molecule has 17 heavy (non-hydrogen) atoms. The van der Waals surface area contributed by atoms with E-state index in [0.717, 1.165) is 12.1 Å². The van der Waals surface area contributed by atoms with Crippen LogP contribution in [0.25, 0.3) is 0 Å². The molecule has 0 radical (unpaired) electrons. The minimum absolute atomic E-state index is 0.0210. The van der Waals surface area contributed by atoms with Crippen LogP contribution in [0.2, 0.25) is 0 Å². The van der Waals surface area contributed by atoms with Gasteiger partial charge in [-0.15, -0.1) is 5.10 Å². The maximum atomic E-state index is 6.21. The molecule has 4 nitrogen and oxygen atoms in total. The molecule has 0 saturated heterocycles. The average Bonchev–Trinajstić information content (AvgIpc) is 2.63. The Hall–Kier alpha value is -1.68. The summed E-state index contributed by atoms with van der Waals surface area (Å²) >= 11 is 0. The van der Waals surface area contributed by atoms with Crippen molar-refractivity contribution in [2.75, 3.05) is 0 Å². The molecule has 90 valence electrons. The van der Waals surface area contributed by atoms with Gasteiger partial charge < -0.3 is 5.73 Å². The van der Waals surface area contributed by atoms with Crippen LogP contribution in [-0.4, -0.2) is 15.0 Å². The zero-order chi connectivity index (χ0) is 12.4. The average molecular weight is 230 g/mol. The van der Waals surface area contributed by atoms with Gasteiger partial charge in [-0.2, -0.15) is 0 Å². The lowest BCUT2D eigenvalue weighted by Crippen LogP contribution is -2.15. The minimum atomic E-state index is -0.0210. The molecule has 2 rings (SSSR count). The summed E-state index contributed by atoms with van der Waals surface area (Å²) in [5, 5.41) is 7.97. The summed E-state index contributed by atoms with van der Waals surface area (Å²) in [6.45, 7) is 4.18. The van der Waals surface area contributed by atoms with Gasteiger partial charge in [0.2, 0.25) is 0 Å². The lowest BCUT2D eigenvalue weighted by molar-refractivity contribution is 0.691. The van der Waals surface area contributed by atoms with Gasteiger partial charge in [0.1, 0.15) is 0 Å². The van der Waals surface area contributed by atoms with E-state index in [1.807, 2.05) is 13.2 Å². The summed E-state index contributed by atoms with van der Waals surface area (Å²) in [6.07, 6.45) is 2.63. The van der Waals surface area contributed by atoms with Gasteiger partial charge >= 0.3 is 0 Å². The zero-order valence-electron chi connectivity index (χ0n) is 10.5. The van der Waals surface area contributed by atoms with Crippen molar-refractivity contribution in [2.24, 2.45) is 12.8 Å². The monoisotopic (exact) mass is 230 g/mol. The van der Waals surface area contributed by atoms with Gasteiger partial charge in [0.25, 0.3) is 0 Å². The molecule has 0 bridgehead atoms. The van der Waals surface area contributed by atoms with E-state index in [1.54, 1.807) is 4.68 Å². The Morgan fingerprint density at radius 3 is 2.71 bits per heavy atom. The van der Waals surface area contributed by atoms with Crippen molar-refractivity contribution in [2.45, 2.75) is 26.3 Å². The molecular formula is C13H18N4. The van der Waals surface area contributed by atoms with Crippen molar-refractivity contribution < 1.29 is 0 Å². The fraction of sp³-hybridized carbons (Fsp3) is 0.385. The second-order valence-electron chi connectivity index (χ2n) is 4.55. The number of hydrogen-bond donors (Lipinski definition) is 1. The van der Waals surface area contributed by atoms with Gasteiger partial charge in [-0.3, -0.25) is 4.68 Å². The SMILES string of the molecule is Cc1ccc(C(N)Cc2cn(C)nn2)c(C)c1. The highest BCUT2D eigenvalue weighted by Crippen LogP contribution is 2.19. The third-order valence-corrected chi connectivity index (χ3v) is 2.90. The number of aromatic nitrogens is 3. The lowest BCUT2D eigenvalue weighted by atomic mass is 9.97. The molecule has 0 spiro atoms.